The van der Waals surface area contributed by atoms with E-state index in [0.717, 1.165) is 50.5 Å². The fourth-order valence-corrected chi connectivity index (χ4v) is 12.8. The number of carbonyl (C=O) groups is 7. The van der Waals surface area contributed by atoms with E-state index in [1.54, 1.807) is 156 Å². The molecule has 24 nitrogen and oxygen atoms in total. The largest absolute Gasteiger partial charge is 0.511 e. The summed E-state index contributed by atoms with van der Waals surface area (Å²) in [6, 6.07) is 65.9. The van der Waals surface area contributed by atoms with E-state index in [9.17, 15) is 38.7 Å². The van der Waals surface area contributed by atoms with E-state index in [0.29, 0.717) is 50.0 Å². The van der Waals surface area contributed by atoms with Crippen molar-refractivity contribution in [2.45, 2.75) is 96.1 Å². The van der Waals surface area contributed by atoms with Gasteiger partial charge in [-0.1, -0.05) is 127 Å². The quantitative estimate of drug-likeness (QED) is 0.0187. The molecule has 3 aliphatic heterocycles. The fourth-order valence-electron chi connectivity index (χ4n) is 12.5. The highest BCUT2D eigenvalue weighted by Crippen LogP contribution is 2.53. The Labute approximate surface area is 639 Å². The van der Waals surface area contributed by atoms with Crippen molar-refractivity contribution in [3.05, 3.63) is 268 Å². The molecule has 0 fully saturated rings. The van der Waals surface area contributed by atoms with Crippen LogP contribution in [-0.4, -0.2) is 118 Å². The molecule has 3 atom stereocenters. The van der Waals surface area contributed by atoms with Crippen LogP contribution in [0.5, 0.6) is 34.5 Å². The van der Waals surface area contributed by atoms with Gasteiger partial charge in [0.2, 0.25) is 31.3 Å². The summed E-state index contributed by atoms with van der Waals surface area (Å²) in [6.07, 6.45) is -4.13. The van der Waals surface area contributed by atoms with Gasteiger partial charge in [-0.15, -0.1) is 0 Å². The number of para-hydroxylation sites is 3. The smallest absolute Gasteiger partial charge is 0.508 e. The average molecular weight is 1590 g/mol. The van der Waals surface area contributed by atoms with Gasteiger partial charge in [-0.3, -0.25) is 19.3 Å². The number of ether oxygens (including phenoxy) is 13. The number of amides is 3. The minimum atomic E-state index is -1.27. The van der Waals surface area contributed by atoms with Crippen molar-refractivity contribution >= 4 is 82.0 Å². The van der Waals surface area contributed by atoms with Crippen LogP contribution in [0.15, 0.2) is 218 Å². The van der Waals surface area contributed by atoms with E-state index >= 15 is 0 Å². The van der Waals surface area contributed by atoms with Gasteiger partial charge in [0.15, 0.2) is 6.73 Å². The molecule has 25 heteroatoms. The summed E-state index contributed by atoms with van der Waals surface area (Å²) in [5, 5.41) is 15.7. The van der Waals surface area contributed by atoms with Crippen LogP contribution < -0.4 is 39.2 Å². The molecule has 3 N–H and O–H groups in total. The molecule has 0 radical (unpaired) electrons. The number of fused-ring (bicyclic) bond motifs is 3. The first-order valence-corrected chi connectivity index (χ1v) is 35.8. The Morgan fingerprint density at radius 3 is 1.02 bits per heavy atom. The second-order valence-electron chi connectivity index (χ2n) is 25.3. The van der Waals surface area contributed by atoms with Crippen LogP contribution in [-0.2, 0) is 68.5 Å². The van der Waals surface area contributed by atoms with Crippen molar-refractivity contribution in [2.24, 2.45) is 0 Å². The van der Waals surface area contributed by atoms with Crippen LogP contribution in [0.1, 0.15) is 105 Å². The van der Waals surface area contributed by atoms with Crippen LogP contribution in [0.2, 0.25) is 0 Å². The van der Waals surface area contributed by atoms with E-state index in [4.69, 9.17) is 52.1 Å². The summed E-state index contributed by atoms with van der Waals surface area (Å²) >= 11 is 1.93. The Morgan fingerprint density at radius 1 is 0.380 bits per heavy atom. The number of anilines is 3. The van der Waals surface area contributed by atoms with Gasteiger partial charge in [-0.05, 0) is 202 Å². The van der Waals surface area contributed by atoms with Crippen LogP contribution >= 0.6 is 22.6 Å². The normalized spacial score (nSPS) is 16.2. The zero-order valence-corrected chi connectivity index (χ0v) is 63.5. The van der Waals surface area contributed by atoms with Gasteiger partial charge in [0.05, 0.1) is 51.4 Å². The number of phenols is 1. The number of aromatic hydroxyl groups is 1. The maximum Gasteiger partial charge on any atom is 0.511 e. The molecular formula is C83H84IN3O21. The molecule has 108 heavy (non-hydrogen) atoms. The second-order valence-corrected chi connectivity index (χ2v) is 25.9. The lowest BCUT2D eigenvalue weighted by Crippen LogP contribution is -2.43. The highest BCUT2D eigenvalue weighted by atomic mass is 127. The Hall–Kier alpha value is -12.0. The van der Waals surface area contributed by atoms with E-state index in [1.807, 2.05) is 162 Å². The number of nitrogens with one attached hydrogen (secondary N) is 2. The van der Waals surface area contributed by atoms with Gasteiger partial charge in [0, 0.05) is 28.1 Å². The summed E-state index contributed by atoms with van der Waals surface area (Å²) in [6.45, 7) is 12.9. The summed E-state index contributed by atoms with van der Waals surface area (Å²) in [7, 11) is 4.79. The number of methoxy groups -OCH3 is 3. The predicted molar refractivity (Wildman–Crippen MR) is 409 cm³/mol. The SMILES string of the molecule is CC(C)OC(=O)OCI.COc1ccc(C2(c3ccc(O)cc3)C(=O)Nc3ccccc32)cc1.COc1ccc(C2(c3ccc(OCOC(=O)OC(C)C)cc3)C(=O)N(COC(=O)OC(C)C)c3ccccc32)cc1.COc1ccc(C2(c3ccc(OCOC(=O)OC(C)C)cc3)C(=O)Nc3ccccc32)cc1. The van der Waals surface area contributed by atoms with Crippen LogP contribution in [0.4, 0.5) is 36.2 Å². The van der Waals surface area contributed by atoms with Crippen LogP contribution in [0, 0.1) is 0 Å². The number of nitrogens with zero attached hydrogens (tertiary/aromatic N) is 1. The third-order valence-corrected chi connectivity index (χ3v) is 17.4. The molecule has 3 aliphatic rings. The number of rotatable bonds is 22. The number of hydrogen-bond acceptors (Lipinski definition) is 21. The Balaban J connectivity index is 0.000000180. The standard InChI is InChI=1S/C31H33NO9.C26H25NO6.C21H17NO3.C5H9IO3/c1-20(2)40-29(34)37-18-32-27-9-7-6-8-26(27)31(28(32)33,22-10-14-24(36-5)15-11-22)23-12-16-25(17-13-23)38-19-39-30(35)41-21(3)4;1-17(2)33-25(29)32-16-31-21-14-10-19(11-15-21)26(18-8-12-20(30-3)13-9-18)22-6-4-5-7-23(22)27-24(26)28;1-25-17-12-8-15(9-13-17)21(14-6-10-16(23)11-7-14)18-4-2-3-5-19(18)22-20(21)24;1-4(2)9-5(7)8-3-6/h6-17,20-21H,18-19H2,1-5H3;4-15,17H,16H2,1-3H3,(H,27,28);2-13,23H,1H3,(H,22,24);4H,3H2,1-2H3. The van der Waals surface area contributed by atoms with Crippen molar-refractivity contribution in [2.75, 3.05) is 61.8 Å². The highest BCUT2D eigenvalue weighted by molar-refractivity contribution is 14.1. The van der Waals surface area contributed by atoms with Gasteiger partial charge in [-0.2, -0.15) is 0 Å². The maximum absolute atomic E-state index is 14.5. The van der Waals surface area contributed by atoms with Crippen molar-refractivity contribution in [1.82, 2.24) is 0 Å². The van der Waals surface area contributed by atoms with Crippen molar-refractivity contribution in [1.29, 1.82) is 0 Å². The summed E-state index contributed by atoms with van der Waals surface area (Å²) in [4.78, 5) is 88.3. The molecule has 3 amide bonds. The molecule has 0 saturated heterocycles. The van der Waals surface area contributed by atoms with E-state index < -0.39 is 40.9 Å². The van der Waals surface area contributed by atoms with Gasteiger partial charge >= 0.3 is 24.6 Å². The Bertz CT molecular complexity index is 4560. The summed E-state index contributed by atoms with van der Waals surface area (Å²) in [5.41, 5.74) is 5.99. The van der Waals surface area contributed by atoms with Gasteiger partial charge < -0.3 is 77.3 Å². The molecule has 3 heterocycles. The number of phenolic OH excluding ortho intramolecular Hbond substituents is 1. The molecule has 12 rings (SSSR count). The molecule has 9 aromatic carbocycles. The molecular weight excluding hydrogens is 1500 g/mol. The number of alkyl halides is 1. The number of benzene rings is 9. The zero-order chi connectivity index (χ0) is 77.7. The zero-order valence-electron chi connectivity index (χ0n) is 61.4. The maximum atomic E-state index is 14.5. The van der Waals surface area contributed by atoms with Crippen LogP contribution in [0.25, 0.3) is 0 Å². The minimum Gasteiger partial charge on any atom is -0.508 e. The molecule has 564 valence electrons. The molecule has 0 spiro atoms. The van der Waals surface area contributed by atoms with E-state index in [-0.39, 0.29) is 68.2 Å². The van der Waals surface area contributed by atoms with Crippen molar-refractivity contribution < 1.29 is 100 Å². The first-order chi connectivity index (χ1) is 51.9. The van der Waals surface area contributed by atoms with E-state index in [1.165, 1.54) is 4.90 Å². The molecule has 0 aliphatic carbocycles. The molecule has 9 aromatic rings. The Morgan fingerprint density at radius 2 is 0.676 bits per heavy atom. The van der Waals surface area contributed by atoms with Gasteiger partial charge in [-0.25, -0.2) is 19.2 Å². The fraction of sp³-hybridized carbons (Fsp3) is 0.265. The lowest BCUT2D eigenvalue weighted by atomic mass is 9.70. The number of carbonyl (C=O) groups excluding carboxylic acids is 7. The van der Waals surface area contributed by atoms with Gasteiger partial charge in [0.25, 0.3) is 0 Å². The first-order valence-electron chi connectivity index (χ1n) is 34.3. The molecule has 0 bridgehead atoms. The Kier molecular flexibility index (Phi) is 27.3. The number of halogens is 1. The number of hydrogen-bond donors (Lipinski definition) is 3. The second kappa shape index (κ2) is 36.8. The lowest BCUT2D eigenvalue weighted by Gasteiger charge is -2.30. The lowest BCUT2D eigenvalue weighted by molar-refractivity contribution is -0.121. The summed E-state index contributed by atoms with van der Waals surface area (Å²) < 4.78 is 66.5. The third-order valence-electron chi connectivity index (χ3n) is 17.1. The minimum absolute atomic E-state index is 0.0968. The first kappa shape index (κ1) is 80.1. The molecule has 0 aromatic heterocycles. The van der Waals surface area contributed by atoms with Gasteiger partial charge in [0.1, 0.15) is 55.4 Å². The highest BCUT2D eigenvalue weighted by Gasteiger charge is 2.55. The third kappa shape index (κ3) is 18.3. The molecule has 0 saturated carbocycles. The average Bonchev–Trinajstić information content (AvgIpc) is 1.55. The van der Waals surface area contributed by atoms with Crippen molar-refractivity contribution in [3.63, 3.8) is 0 Å². The topological polar surface area (TPSA) is 287 Å². The van der Waals surface area contributed by atoms with E-state index in [2.05, 4.69) is 20.1 Å². The summed E-state index contributed by atoms with van der Waals surface area (Å²) in [5.74, 6) is 2.61. The van der Waals surface area contributed by atoms with Crippen molar-refractivity contribution in [3.8, 4) is 34.5 Å². The van der Waals surface area contributed by atoms with Crippen LogP contribution in [0.3, 0.4) is 0 Å². The monoisotopic (exact) mass is 1590 g/mol. The molecule has 3 unspecified atom stereocenters. The predicted octanol–water partition coefficient (Wildman–Crippen LogP) is 16.3.